The van der Waals surface area contributed by atoms with Crippen molar-refractivity contribution in [3.05, 3.63) is 77.4 Å². The van der Waals surface area contributed by atoms with Gasteiger partial charge in [0.1, 0.15) is 0 Å². The molecule has 0 saturated carbocycles. The van der Waals surface area contributed by atoms with E-state index in [4.69, 9.17) is 0 Å². The minimum absolute atomic E-state index is 0.215. The summed E-state index contributed by atoms with van der Waals surface area (Å²) >= 11 is 0. The summed E-state index contributed by atoms with van der Waals surface area (Å²) in [5.74, 6) is -0.430. The number of fused-ring (bicyclic) bond motifs is 1. The van der Waals surface area contributed by atoms with E-state index in [0.29, 0.717) is 17.7 Å². The van der Waals surface area contributed by atoms with Crippen molar-refractivity contribution in [3.63, 3.8) is 0 Å². The van der Waals surface area contributed by atoms with Crippen molar-refractivity contribution >= 4 is 17.4 Å². The number of hydrogen-bond acceptors (Lipinski definition) is 2. The molecule has 0 unspecified atom stereocenters. The molecule has 0 saturated heterocycles. The molecule has 0 aliphatic carbocycles. The Morgan fingerprint density at radius 1 is 0.905 bits per heavy atom. The lowest BCUT2D eigenvalue weighted by atomic mass is 10.1. The quantitative estimate of drug-likeness (QED) is 0.806. The molecule has 0 aromatic heterocycles. The maximum absolute atomic E-state index is 12.2. The smallest absolute Gasteiger partial charge is 0.261 e. The number of allylic oxidation sites excluding steroid dienone is 1. The highest BCUT2D eigenvalue weighted by Crippen LogP contribution is 2.23. The van der Waals surface area contributed by atoms with Crippen LogP contribution in [0, 0.1) is 0 Å². The molecule has 2 amide bonds. The molecule has 1 aliphatic rings. The summed E-state index contributed by atoms with van der Waals surface area (Å²) in [6.45, 7) is 2.28. The lowest BCUT2D eigenvalue weighted by Crippen LogP contribution is -2.29. The molecule has 0 N–H and O–H groups in total. The maximum atomic E-state index is 12.2. The molecule has 1 heterocycles. The molecule has 104 valence electrons. The van der Waals surface area contributed by atoms with Crippen molar-refractivity contribution in [1.82, 2.24) is 4.90 Å². The van der Waals surface area contributed by atoms with Gasteiger partial charge in [-0.05, 0) is 30.2 Å². The van der Waals surface area contributed by atoms with Gasteiger partial charge < -0.3 is 0 Å². The molecular weight excluding hydrogens is 262 g/mol. The van der Waals surface area contributed by atoms with Crippen LogP contribution in [0.3, 0.4) is 0 Å². The molecule has 2 aromatic rings. The van der Waals surface area contributed by atoms with Crippen molar-refractivity contribution in [1.29, 1.82) is 0 Å². The minimum atomic E-state index is -0.215. The average Bonchev–Trinajstić information content (AvgIpc) is 2.78. The molecule has 0 bridgehead atoms. The molecule has 3 nitrogen and oxygen atoms in total. The van der Waals surface area contributed by atoms with Crippen LogP contribution in [-0.4, -0.2) is 23.3 Å². The van der Waals surface area contributed by atoms with Crippen LogP contribution in [0.1, 0.15) is 33.2 Å². The van der Waals surface area contributed by atoms with E-state index in [1.54, 1.807) is 24.3 Å². The van der Waals surface area contributed by atoms with E-state index in [0.717, 1.165) is 11.1 Å². The zero-order valence-corrected chi connectivity index (χ0v) is 11.7. The molecule has 1 aliphatic heterocycles. The summed E-state index contributed by atoms with van der Waals surface area (Å²) in [7, 11) is 0. The van der Waals surface area contributed by atoms with Gasteiger partial charge in [0, 0.05) is 6.54 Å². The van der Waals surface area contributed by atoms with Crippen LogP contribution in [0.5, 0.6) is 0 Å². The Morgan fingerprint density at radius 2 is 1.43 bits per heavy atom. The van der Waals surface area contributed by atoms with E-state index in [9.17, 15) is 9.59 Å². The van der Waals surface area contributed by atoms with Crippen molar-refractivity contribution in [2.75, 3.05) is 6.54 Å². The topological polar surface area (TPSA) is 37.4 Å². The highest BCUT2D eigenvalue weighted by molar-refractivity contribution is 6.21. The standard InChI is InChI=1S/C18H15NO2/c1-13(14-7-3-2-4-8-14)11-12-19-17(20)15-9-5-6-10-16(15)18(19)21/h2-11H,12H2,1H3/b13-11-. The SMILES string of the molecule is C/C(=C/CN1C(=O)c2ccccc2C1=O)c1ccccc1. The lowest BCUT2D eigenvalue weighted by Gasteiger charge is -2.11. The zero-order chi connectivity index (χ0) is 14.8. The maximum Gasteiger partial charge on any atom is 0.261 e. The Kier molecular flexibility index (Phi) is 3.40. The summed E-state index contributed by atoms with van der Waals surface area (Å²) in [5.41, 5.74) is 3.13. The second-order valence-electron chi connectivity index (χ2n) is 5.02. The number of carbonyl (C=O) groups excluding carboxylic acids is 2. The third kappa shape index (κ3) is 2.38. The predicted molar refractivity (Wildman–Crippen MR) is 81.9 cm³/mol. The second kappa shape index (κ2) is 5.37. The van der Waals surface area contributed by atoms with Crippen LogP contribution in [0.25, 0.3) is 5.57 Å². The molecule has 21 heavy (non-hydrogen) atoms. The Hall–Kier alpha value is -2.68. The number of benzene rings is 2. The number of rotatable bonds is 3. The van der Waals surface area contributed by atoms with Crippen molar-refractivity contribution < 1.29 is 9.59 Å². The van der Waals surface area contributed by atoms with Crippen LogP contribution in [0.2, 0.25) is 0 Å². The number of imide groups is 1. The first kappa shape index (κ1) is 13.3. The molecule has 2 aromatic carbocycles. The van der Waals surface area contributed by atoms with E-state index >= 15 is 0 Å². The first-order valence-corrected chi connectivity index (χ1v) is 6.86. The van der Waals surface area contributed by atoms with E-state index in [1.807, 2.05) is 43.3 Å². The van der Waals surface area contributed by atoms with Crippen molar-refractivity contribution in [3.8, 4) is 0 Å². The Labute approximate surface area is 123 Å². The number of amides is 2. The minimum Gasteiger partial charge on any atom is -0.270 e. The van der Waals surface area contributed by atoms with Gasteiger partial charge in [-0.15, -0.1) is 0 Å². The monoisotopic (exact) mass is 277 g/mol. The fourth-order valence-corrected chi connectivity index (χ4v) is 2.45. The Bertz CT molecular complexity index is 697. The number of hydrogen-bond donors (Lipinski definition) is 0. The van der Waals surface area contributed by atoms with Gasteiger partial charge >= 0.3 is 0 Å². The summed E-state index contributed by atoms with van der Waals surface area (Å²) < 4.78 is 0. The Balaban J connectivity index is 1.81. The van der Waals surface area contributed by atoms with Crippen molar-refractivity contribution in [2.45, 2.75) is 6.92 Å². The van der Waals surface area contributed by atoms with Gasteiger partial charge in [0.05, 0.1) is 11.1 Å². The molecule has 3 heteroatoms. The number of carbonyl (C=O) groups is 2. The summed E-state index contributed by atoms with van der Waals surface area (Å²) in [4.78, 5) is 25.8. The highest BCUT2D eigenvalue weighted by Gasteiger charge is 2.34. The largest absolute Gasteiger partial charge is 0.270 e. The van der Waals surface area contributed by atoms with E-state index in [-0.39, 0.29) is 11.8 Å². The van der Waals surface area contributed by atoms with Gasteiger partial charge in [-0.2, -0.15) is 0 Å². The molecule has 0 spiro atoms. The van der Waals surface area contributed by atoms with Gasteiger partial charge in [0.15, 0.2) is 0 Å². The van der Waals surface area contributed by atoms with Crippen LogP contribution in [0.4, 0.5) is 0 Å². The molecule has 0 atom stereocenters. The predicted octanol–water partition coefficient (Wildman–Crippen LogP) is 3.39. The number of nitrogens with zero attached hydrogens (tertiary/aromatic N) is 1. The van der Waals surface area contributed by atoms with Gasteiger partial charge in [-0.3, -0.25) is 14.5 Å². The first-order valence-electron chi connectivity index (χ1n) is 6.86. The van der Waals surface area contributed by atoms with Gasteiger partial charge in [0.25, 0.3) is 11.8 Å². The average molecular weight is 277 g/mol. The molecule has 0 radical (unpaired) electrons. The van der Waals surface area contributed by atoms with E-state index in [1.165, 1.54) is 4.90 Å². The second-order valence-corrected chi connectivity index (χ2v) is 5.02. The van der Waals surface area contributed by atoms with Gasteiger partial charge in [-0.25, -0.2) is 0 Å². The fourth-order valence-electron chi connectivity index (χ4n) is 2.45. The highest BCUT2D eigenvalue weighted by atomic mass is 16.2. The molecule has 3 rings (SSSR count). The first-order chi connectivity index (χ1) is 10.2. The summed E-state index contributed by atoms with van der Waals surface area (Å²) in [6, 6.07) is 16.9. The van der Waals surface area contributed by atoms with Crippen LogP contribution in [0.15, 0.2) is 60.7 Å². The van der Waals surface area contributed by atoms with Crippen LogP contribution in [-0.2, 0) is 0 Å². The summed E-state index contributed by atoms with van der Waals surface area (Å²) in [5, 5.41) is 0. The normalized spacial score (nSPS) is 14.5. The van der Waals surface area contributed by atoms with Crippen molar-refractivity contribution in [2.24, 2.45) is 0 Å². The molecule has 0 fully saturated rings. The van der Waals surface area contributed by atoms with Crippen LogP contribution >= 0.6 is 0 Å². The van der Waals surface area contributed by atoms with Gasteiger partial charge in [0.2, 0.25) is 0 Å². The summed E-state index contributed by atoms with van der Waals surface area (Å²) in [6.07, 6.45) is 1.91. The fraction of sp³-hybridized carbons (Fsp3) is 0.111. The lowest BCUT2D eigenvalue weighted by molar-refractivity contribution is 0.0672. The van der Waals surface area contributed by atoms with Gasteiger partial charge in [-0.1, -0.05) is 48.5 Å². The third-order valence-electron chi connectivity index (χ3n) is 3.69. The molecular formula is C18H15NO2. The van der Waals surface area contributed by atoms with Crippen LogP contribution < -0.4 is 0 Å². The third-order valence-corrected chi connectivity index (χ3v) is 3.69. The Morgan fingerprint density at radius 3 is 2.00 bits per heavy atom. The zero-order valence-electron chi connectivity index (χ0n) is 11.7. The van der Waals surface area contributed by atoms with E-state index < -0.39 is 0 Å². The van der Waals surface area contributed by atoms with E-state index in [2.05, 4.69) is 0 Å².